The minimum Gasteiger partial charge on any atom is -0.263 e. The molecular weight excluding hydrogens is 284 g/mol. The van der Waals surface area contributed by atoms with Crippen LogP contribution < -0.4 is 0 Å². The molecule has 3 nitrogen and oxygen atoms in total. The first-order valence-electron chi connectivity index (χ1n) is 7.95. The van der Waals surface area contributed by atoms with Crippen LogP contribution in [0.3, 0.4) is 0 Å². The highest BCUT2D eigenvalue weighted by molar-refractivity contribution is 7.86. The van der Waals surface area contributed by atoms with Crippen LogP contribution in [-0.2, 0) is 14.3 Å². The monoisotopic (exact) mass is 312 g/mol. The quantitative estimate of drug-likeness (QED) is 0.458. The zero-order valence-corrected chi connectivity index (χ0v) is 14.3. The molecule has 0 fully saturated rings. The van der Waals surface area contributed by atoms with E-state index in [2.05, 4.69) is 6.92 Å². The van der Waals surface area contributed by atoms with Crippen molar-refractivity contribution in [1.82, 2.24) is 0 Å². The van der Waals surface area contributed by atoms with Gasteiger partial charge in [0.05, 0.1) is 11.0 Å². The second kappa shape index (κ2) is 9.21. The van der Waals surface area contributed by atoms with Crippen LogP contribution in [0.25, 0.3) is 0 Å². The van der Waals surface area contributed by atoms with Crippen LogP contribution in [0.4, 0.5) is 0 Å². The molecular formula is C17H28O3S. The summed E-state index contributed by atoms with van der Waals surface area (Å²) in [6, 6.07) is 6.77. The van der Waals surface area contributed by atoms with Crippen LogP contribution in [0.15, 0.2) is 29.2 Å². The molecule has 0 saturated heterocycles. The number of unbranched alkanes of at least 4 members (excludes halogenated alkanes) is 5. The Hall–Kier alpha value is -0.870. The zero-order valence-electron chi connectivity index (χ0n) is 13.5. The molecule has 0 heterocycles. The maximum atomic E-state index is 12.1. The first-order chi connectivity index (χ1) is 9.95. The molecule has 1 atom stereocenters. The molecule has 0 radical (unpaired) electrons. The number of hydrogen-bond donors (Lipinski definition) is 0. The largest absolute Gasteiger partial charge is 0.297 e. The summed E-state index contributed by atoms with van der Waals surface area (Å²) in [4.78, 5) is 0.239. The van der Waals surface area contributed by atoms with Crippen LogP contribution in [0, 0.1) is 6.92 Å². The smallest absolute Gasteiger partial charge is 0.263 e. The van der Waals surface area contributed by atoms with Gasteiger partial charge in [0.1, 0.15) is 0 Å². The van der Waals surface area contributed by atoms with Crippen LogP contribution in [0.5, 0.6) is 0 Å². The maximum absolute atomic E-state index is 12.1. The van der Waals surface area contributed by atoms with Gasteiger partial charge in [-0.3, -0.25) is 4.18 Å². The van der Waals surface area contributed by atoms with E-state index in [1.807, 2.05) is 13.8 Å². The average molecular weight is 312 g/mol. The first-order valence-corrected chi connectivity index (χ1v) is 9.36. The molecule has 0 aliphatic carbocycles. The van der Waals surface area contributed by atoms with E-state index in [9.17, 15) is 8.42 Å². The summed E-state index contributed by atoms with van der Waals surface area (Å²) in [5.74, 6) is 0. The molecule has 0 aliphatic rings. The second-order valence-electron chi connectivity index (χ2n) is 5.73. The van der Waals surface area contributed by atoms with Crippen molar-refractivity contribution < 1.29 is 12.6 Å². The standard InChI is InChI=1S/C17H28O3S/c1-4-5-6-7-8-9-10-16(3)20-21(18,19)17-13-11-15(2)12-14-17/h11-14,16H,4-10H2,1-3H3/t16-/m1/s1. The van der Waals surface area contributed by atoms with Gasteiger partial charge in [0, 0.05) is 0 Å². The molecule has 1 aromatic carbocycles. The highest BCUT2D eigenvalue weighted by atomic mass is 32.2. The average Bonchev–Trinajstić information content (AvgIpc) is 2.42. The van der Waals surface area contributed by atoms with E-state index in [0.29, 0.717) is 0 Å². The summed E-state index contributed by atoms with van der Waals surface area (Å²) in [5, 5.41) is 0. The van der Waals surface area contributed by atoms with Gasteiger partial charge in [0.2, 0.25) is 0 Å². The van der Waals surface area contributed by atoms with Gasteiger partial charge in [0.15, 0.2) is 0 Å². The first kappa shape index (κ1) is 18.2. The summed E-state index contributed by atoms with van der Waals surface area (Å²) in [7, 11) is -3.63. The van der Waals surface area contributed by atoms with Crippen molar-refractivity contribution in [2.75, 3.05) is 0 Å². The van der Waals surface area contributed by atoms with Crippen molar-refractivity contribution in [3.63, 3.8) is 0 Å². The van der Waals surface area contributed by atoms with E-state index < -0.39 is 10.1 Å². The van der Waals surface area contributed by atoms with Crippen molar-refractivity contribution in [3.8, 4) is 0 Å². The fourth-order valence-corrected chi connectivity index (χ4v) is 3.35. The van der Waals surface area contributed by atoms with Crippen LogP contribution in [0.1, 0.15) is 64.4 Å². The van der Waals surface area contributed by atoms with Gasteiger partial charge in [-0.15, -0.1) is 0 Å². The Kier molecular flexibility index (Phi) is 7.97. The van der Waals surface area contributed by atoms with Gasteiger partial charge in [-0.25, -0.2) is 0 Å². The van der Waals surface area contributed by atoms with E-state index >= 15 is 0 Å². The van der Waals surface area contributed by atoms with Gasteiger partial charge >= 0.3 is 0 Å². The van der Waals surface area contributed by atoms with Gasteiger partial charge in [-0.05, 0) is 32.4 Å². The van der Waals surface area contributed by atoms with Crippen LogP contribution >= 0.6 is 0 Å². The Labute approximate surface area is 129 Å². The molecule has 1 aromatic rings. The normalized spacial score (nSPS) is 13.3. The van der Waals surface area contributed by atoms with E-state index in [1.54, 1.807) is 24.3 Å². The van der Waals surface area contributed by atoms with Crippen molar-refractivity contribution >= 4 is 10.1 Å². The van der Waals surface area contributed by atoms with Gasteiger partial charge in [-0.2, -0.15) is 8.42 Å². The molecule has 1 rings (SSSR count). The molecule has 0 amide bonds. The SMILES string of the molecule is CCCCCCCC[C@@H](C)OS(=O)(=O)c1ccc(C)cc1. The Morgan fingerprint density at radius 1 is 1.00 bits per heavy atom. The fraction of sp³-hybridized carbons (Fsp3) is 0.647. The van der Waals surface area contributed by atoms with Gasteiger partial charge in [0.25, 0.3) is 10.1 Å². The minimum absolute atomic E-state index is 0.239. The van der Waals surface area contributed by atoms with Gasteiger partial charge in [-0.1, -0.05) is 63.1 Å². The van der Waals surface area contributed by atoms with Crippen LogP contribution in [-0.4, -0.2) is 14.5 Å². The summed E-state index contributed by atoms with van der Waals surface area (Å²) in [5.41, 5.74) is 1.04. The molecule has 0 spiro atoms. The molecule has 120 valence electrons. The molecule has 0 bridgehead atoms. The van der Waals surface area contributed by atoms with Crippen LogP contribution in [0.2, 0.25) is 0 Å². The molecule has 0 aliphatic heterocycles. The van der Waals surface area contributed by atoms with Crippen molar-refractivity contribution in [2.45, 2.75) is 76.7 Å². The molecule has 0 unspecified atom stereocenters. The molecule has 0 N–H and O–H groups in total. The van der Waals surface area contributed by atoms with Crippen molar-refractivity contribution in [1.29, 1.82) is 0 Å². The summed E-state index contributed by atoms with van der Waals surface area (Å²) >= 11 is 0. The fourth-order valence-electron chi connectivity index (χ4n) is 2.24. The number of aryl methyl sites for hydroxylation is 1. The number of rotatable bonds is 10. The third-order valence-electron chi connectivity index (χ3n) is 3.56. The second-order valence-corrected chi connectivity index (χ2v) is 7.30. The Morgan fingerprint density at radius 3 is 2.19 bits per heavy atom. The molecule has 0 aromatic heterocycles. The van der Waals surface area contributed by atoms with Gasteiger partial charge < -0.3 is 0 Å². The predicted molar refractivity (Wildman–Crippen MR) is 86.9 cm³/mol. The molecule has 21 heavy (non-hydrogen) atoms. The van der Waals surface area contributed by atoms with E-state index in [-0.39, 0.29) is 11.0 Å². The van der Waals surface area contributed by atoms with Crippen molar-refractivity contribution in [2.24, 2.45) is 0 Å². The van der Waals surface area contributed by atoms with Crippen molar-refractivity contribution in [3.05, 3.63) is 29.8 Å². The number of hydrogen-bond acceptors (Lipinski definition) is 3. The molecule has 4 heteroatoms. The topological polar surface area (TPSA) is 43.4 Å². The van der Waals surface area contributed by atoms with E-state index in [1.165, 1.54) is 25.7 Å². The lowest BCUT2D eigenvalue weighted by Crippen LogP contribution is -2.15. The Morgan fingerprint density at radius 2 is 1.57 bits per heavy atom. The lowest BCUT2D eigenvalue weighted by Gasteiger charge is -2.13. The zero-order chi connectivity index (χ0) is 15.7. The maximum Gasteiger partial charge on any atom is 0.297 e. The van der Waals surface area contributed by atoms with E-state index in [4.69, 9.17) is 4.18 Å². The third kappa shape index (κ3) is 7.09. The summed E-state index contributed by atoms with van der Waals surface area (Å²) in [6.07, 6.45) is 7.73. The number of benzene rings is 1. The Bertz CT molecular complexity index is 491. The summed E-state index contributed by atoms with van der Waals surface area (Å²) in [6.45, 7) is 5.96. The molecule has 0 saturated carbocycles. The Balaban J connectivity index is 2.36. The highest BCUT2D eigenvalue weighted by Gasteiger charge is 2.18. The lowest BCUT2D eigenvalue weighted by atomic mass is 10.1. The lowest BCUT2D eigenvalue weighted by molar-refractivity contribution is 0.213. The predicted octanol–water partition coefficient (Wildman–Crippen LogP) is 4.84. The minimum atomic E-state index is -3.63. The highest BCUT2D eigenvalue weighted by Crippen LogP contribution is 2.18. The summed E-state index contributed by atoms with van der Waals surface area (Å²) < 4.78 is 29.5. The van der Waals surface area contributed by atoms with E-state index in [0.717, 1.165) is 24.8 Å². The third-order valence-corrected chi connectivity index (χ3v) is 5.00.